The molecule has 3 N–H and O–H groups in total. The lowest BCUT2D eigenvalue weighted by atomic mass is 10.1. The predicted octanol–water partition coefficient (Wildman–Crippen LogP) is 2.61. The molecule has 1 aromatic heterocycles. The lowest BCUT2D eigenvalue weighted by Crippen LogP contribution is -1.95. The predicted molar refractivity (Wildman–Crippen MR) is 88.3 cm³/mol. The molecule has 0 saturated heterocycles. The van der Waals surface area contributed by atoms with Crippen LogP contribution in [-0.2, 0) is 6.54 Å². The van der Waals surface area contributed by atoms with E-state index in [9.17, 15) is 0 Å². The second-order valence-electron chi connectivity index (χ2n) is 4.95. The summed E-state index contributed by atoms with van der Waals surface area (Å²) < 4.78 is 10.8. The number of hydrogen-bond donors (Lipinski definition) is 2. The van der Waals surface area contributed by atoms with Gasteiger partial charge in [0, 0.05) is 12.1 Å². The van der Waals surface area contributed by atoms with Crippen molar-refractivity contribution in [2.45, 2.75) is 6.54 Å². The fourth-order valence-electron chi connectivity index (χ4n) is 2.38. The number of nitrogens with one attached hydrogen (secondary N) is 1. The maximum Gasteiger partial charge on any atom is 0.181 e. The lowest BCUT2D eigenvalue weighted by Gasteiger charge is -2.10. The van der Waals surface area contributed by atoms with Crippen LogP contribution >= 0.6 is 0 Å². The van der Waals surface area contributed by atoms with Gasteiger partial charge in [0.25, 0.3) is 0 Å². The first-order chi connectivity index (χ1) is 11.3. The van der Waals surface area contributed by atoms with Crippen molar-refractivity contribution in [2.24, 2.45) is 5.73 Å². The number of H-pyrrole nitrogens is 1. The highest BCUT2D eigenvalue weighted by atomic mass is 16.5. The van der Waals surface area contributed by atoms with Gasteiger partial charge in [0.1, 0.15) is 17.1 Å². The number of methoxy groups -OCH3 is 2. The molecule has 0 unspecified atom stereocenters. The van der Waals surface area contributed by atoms with Crippen LogP contribution in [0.4, 0.5) is 0 Å². The van der Waals surface area contributed by atoms with Crippen LogP contribution in [0.1, 0.15) is 5.56 Å². The average Bonchev–Trinajstić information content (AvgIpc) is 3.10. The molecule has 6 heteroatoms. The van der Waals surface area contributed by atoms with Gasteiger partial charge in [-0.05, 0) is 17.7 Å². The van der Waals surface area contributed by atoms with E-state index in [-0.39, 0.29) is 0 Å². The fraction of sp³-hybridized carbons (Fsp3) is 0.176. The standard InChI is InChI=1S/C17H18N4O2/c1-22-13-4-3-5-14(23-2)15(13)17-19-16(20-21-17)12-8-6-11(10-18)7-9-12/h3-9H,10,18H2,1-2H3,(H,19,20,21). The Labute approximate surface area is 134 Å². The van der Waals surface area contributed by atoms with Crippen LogP contribution in [0.2, 0.25) is 0 Å². The molecule has 0 aliphatic heterocycles. The third-order valence-corrected chi connectivity index (χ3v) is 3.60. The van der Waals surface area contributed by atoms with Crippen molar-refractivity contribution in [3.63, 3.8) is 0 Å². The molecule has 2 aromatic carbocycles. The van der Waals surface area contributed by atoms with Gasteiger partial charge < -0.3 is 15.2 Å². The van der Waals surface area contributed by atoms with Gasteiger partial charge in [-0.25, -0.2) is 4.98 Å². The van der Waals surface area contributed by atoms with E-state index in [4.69, 9.17) is 15.2 Å². The van der Waals surface area contributed by atoms with Crippen LogP contribution in [0.15, 0.2) is 42.5 Å². The quantitative estimate of drug-likeness (QED) is 0.756. The summed E-state index contributed by atoms with van der Waals surface area (Å²) in [5.41, 5.74) is 8.34. The number of nitrogens with zero attached hydrogens (tertiary/aromatic N) is 2. The Bertz CT molecular complexity index is 774. The first-order valence-electron chi connectivity index (χ1n) is 7.20. The first-order valence-corrected chi connectivity index (χ1v) is 7.20. The molecule has 0 bridgehead atoms. The van der Waals surface area contributed by atoms with E-state index in [1.165, 1.54) is 0 Å². The van der Waals surface area contributed by atoms with Gasteiger partial charge in [0.2, 0.25) is 0 Å². The minimum Gasteiger partial charge on any atom is -0.496 e. The second-order valence-corrected chi connectivity index (χ2v) is 4.95. The molecule has 0 radical (unpaired) electrons. The summed E-state index contributed by atoms with van der Waals surface area (Å²) in [6, 6.07) is 13.4. The third kappa shape index (κ3) is 2.89. The van der Waals surface area contributed by atoms with Crippen molar-refractivity contribution in [3.05, 3.63) is 48.0 Å². The normalized spacial score (nSPS) is 10.6. The highest BCUT2D eigenvalue weighted by Crippen LogP contribution is 2.36. The summed E-state index contributed by atoms with van der Waals surface area (Å²) in [4.78, 5) is 4.57. The molecule has 0 amide bonds. The molecule has 1 heterocycles. The summed E-state index contributed by atoms with van der Waals surface area (Å²) in [6.45, 7) is 0.512. The smallest absolute Gasteiger partial charge is 0.181 e. The third-order valence-electron chi connectivity index (χ3n) is 3.60. The van der Waals surface area contributed by atoms with E-state index >= 15 is 0 Å². The molecular weight excluding hydrogens is 292 g/mol. The van der Waals surface area contributed by atoms with E-state index in [1.54, 1.807) is 14.2 Å². The monoisotopic (exact) mass is 310 g/mol. The van der Waals surface area contributed by atoms with E-state index in [2.05, 4.69) is 15.2 Å². The van der Waals surface area contributed by atoms with Crippen molar-refractivity contribution in [1.82, 2.24) is 15.2 Å². The molecular formula is C17H18N4O2. The Kier molecular flexibility index (Phi) is 4.25. The van der Waals surface area contributed by atoms with E-state index in [0.29, 0.717) is 29.7 Å². The van der Waals surface area contributed by atoms with Crippen LogP contribution in [0.5, 0.6) is 11.5 Å². The summed E-state index contributed by atoms with van der Waals surface area (Å²) in [5, 5.41) is 7.24. The summed E-state index contributed by atoms with van der Waals surface area (Å²) >= 11 is 0. The first kappa shape index (κ1) is 15.1. The molecule has 0 fully saturated rings. The van der Waals surface area contributed by atoms with Gasteiger partial charge in [0.15, 0.2) is 11.6 Å². The zero-order chi connectivity index (χ0) is 16.2. The molecule has 0 atom stereocenters. The zero-order valence-electron chi connectivity index (χ0n) is 13.0. The molecule has 0 aliphatic carbocycles. The van der Waals surface area contributed by atoms with Gasteiger partial charge in [-0.1, -0.05) is 30.3 Å². The molecule has 3 rings (SSSR count). The minimum atomic E-state index is 0.512. The summed E-state index contributed by atoms with van der Waals surface area (Å²) in [7, 11) is 3.22. The topological polar surface area (TPSA) is 86.1 Å². The van der Waals surface area contributed by atoms with E-state index in [0.717, 1.165) is 16.7 Å². The molecule has 0 saturated carbocycles. The maximum atomic E-state index is 5.62. The van der Waals surface area contributed by atoms with Gasteiger partial charge in [-0.15, -0.1) is 0 Å². The SMILES string of the molecule is COc1cccc(OC)c1-c1nc(-c2ccc(CN)cc2)n[nH]1. The number of rotatable bonds is 5. The van der Waals surface area contributed by atoms with Gasteiger partial charge in [-0.2, -0.15) is 5.10 Å². The second kappa shape index (κ2) is 6.50. The van der Waals surface area contributed by atoms with Crippen molar-refractivity contribution >= 4 is 0 Å². The zero-order valence-corrected chi connectivity index (χ0v) is 13.0. The Morgan fingerprint density at radius 3 is 2.22 bits per heavy atom. The van der Waals surface area contributed by atoms with Crippen molar-refractivity contribution in [2.75, 3.05) is 14.2 Å². The Balaban J connectivity index is 2.02. The van der Waals surface area contributed by atoms with Crippen molar-refractivity contribution in [1.29, 1.82) is 0 Å². The number of aromatic amines is 1. The Hall–Kier alpha value is -2.86. The maximum absolute atomic E-state index is 5.62. The van der Waals surface area contributed by atoms with Crippen molar-refractivity contribution in [3.8, 4) is 34.3 Å². The number of nitrogens with two attached hydrogens (primary N) is 1. The van der Waals surface area contributed by atoms with Gasteiger partial charge in [0.05, 0.1) is 14.2 Å². The van der Waals surface area contributed by atoms with Crippen LogP contribution in [0.3, 0.4) is 0 Å². The Morgan fingerprint density at radius 2 is 1.65 bits per heavy atom. The highest BCUT2D eigenvalue weighted by Gasteiger charge is 2.17. The molecule has 0 aliphatic rings. The van der Waals surface area contributed by atoms with Crippen molar-refractivity contribution < 1.29 is 9.47 Å². The number of hydrogen-bond acceptors (Lipinski definition) is 5. The van der Waals surface area contributed by atoms with Crippen LogP contribution in [0, 0.1) is 0 Å². The van der Waals surface area contributed by atoms with Crippen LogP contribution < -0.4 is 15.2 Å². The summed E-state index contributed by atoms with van der Waals surface area (Å²) in [5.74, 6) is 2.55. The van der Waals surface area contributed by atoms with Gasteiger partial charge in [-0.3, -0.25) is 5.10 Å². The minimum absolute atomic E-state index is 0.512. The molecule has 6 nitrogen and oxygen atoms in total. The molecule has 0 spiro atoms. The Morgan fingerprint density at radius 1 is 1.00 bits per heavy atom. The van der Waals surface area contributed by atoms with E-state index in [1.807, 2.05) is 42.5 Å². The molecule has 23 heavy (non-hydrogen) atoms. The molecule has 3 aromatic rings. The van der Waals surface area contributed by atoms with Crippen LogP contribution in [-0.4, -0.2) is 29.4 Å². The van der Waals surface area contributed by atoms with Gasteiger partial charge >= 0.3 is 0 Å². The highest BCUT2D eigenvalue weighted by molar-refractivity contribution is 5.73. The number of aromatic nitrogens is 3. The number of benzene rings is 2. The number of ether oxygens (including phenoxy) is 2. The lowest BCUT2D eigenvalue weighted by molar-refractivity contribution is 0.397. The summed E-state index contributed by atoms with van der Waals surface area (Å²) in [6.07, 6.45) is 0. The van der Waals surface area contributed by atoms with Crippen LogP contribution in [0.25, 0.3) is 22.8 Å². The fourth-order valence-corrected chi connectivity index (χ4v) is 2.38. The molecule has 118 valence electrons. The largest absolute Gasteiger partial charge is 0.496 e. The average molecular weight is 310 g/mol. The van der Waals surface area contributed by atoms with E-state index < -0.39 is 0 Å².